The van der Waals surface area contributed by atoms with Gasteiger partial charge in [0.15, 0.2) is 0 Å². The molecule has 0 spiro atoms. The van der Waals surface area contributed by atoms with E-state index < -0.39 is 6.10 Å². The average Bonchev–Trinajstić information content (AvgIpc) is 2.70. The maximum Gasteiger partial charge on any atom is 0.124 e. The van der Waals surface area contributed by atoms with Crippen LogP contribution in [0.1, 0.15) is 30.0 Å². The summed E-state index contributed by atoms with van der Waals surface area (Å²) in [4.78, 5) is 7.79. The zero-order valence-electron chi connectivity index (χ0n) is 9.33. The number of aryl methyl sites for hydroxylation is 2. The summed E-state index contributed by atoms with van der Waals surface area (Å²) in [5.41, 5.74) is 2.35. The summed E-state index contributed by atoms with van der Waals surface area (Å²) in [7, 11) is 0. The number of rotatable bonds is 3. The van der Waals surface area contributed by atoms with Gasteiger partial charge < -0.3 is 5.11 Å². The smallest absolute Gasteiger partial charge is 0.124 e. The van der Waals surface area contributed by atoms with Gasteiger partial charge in [0.2, 0.25) is 0 Å². The molecule has 16 heavy (non-hydrogen) atoms. The predicted molar refractivity (Wildman–Crippen MR) is 58.7 cm³/mol. The molecule has 1 unspecified atom stereocenters. The van der Waals surface area contributed by atoms with Crippen LogP contribution in [0.3, 0.4) is 0 Å². The molecule has 0 aliphatic carbocycles. The van der Waals surface area contributed by atoms with E-state index in [1.807, 2.05) is 19.9 Å². The Morgan fingerprint density at radius 1 is 1.38 bits per heavy atom. The number of aromatic nitrogens is 4. The van der Waals surface area contributed by atoms with E-state index in [-0.39, 0.29) is 0 Å². The van der Waals surface area contributed by atoms with Gasteiger partial charge in [0.25, 0.3) is 0 Å². The van der Waals surface area contributed by atoms with Crippen molar-refractivity contribution in [1.29, 1.82) is 0 Å². The molecule has 0 aliphatic heterocycles. The fraction of sp³-hybridized carbons (Fsp3) is 0.364. The summed E-state index contributed by atoms with van der Waals surface area (Å²) in [5, 5.41) is 14.5. The summed E-state index contributed by atoms with van der Waals surface area (Å²) in [5.74, 6) is 0. The maximum absolute atomic E-state index is 10.2. The van der Waals surface area contributed by atoms with Crippen molar-refractivity contribution in [2.75, 3.05) is 0 Å². The molecule has 2 aromatic heterocycles. The Balaban J connectivity index is 2.37. The lowest BCUT2D eigenvalue weighted by atomic mass is 10.1. The van der Waals surface area contributed by atoms with Crippen molar-refractivity contribution < 1.29 is 5.11 Å². The molecular formula is C11H14N4O. The summed E-state index contributed by atoms with van der Waals surface area (Å²) >= 11 is 0. The zero-order chi connectivity index (χ0) is 11.5. The van der Waals surface area contributed by atoms with Crippen molar-refractivity contribution in [1.82, 2.24) is 19.7 Å². The highest BCUT2D eigenvalue weighted by Crippen LogP contribution is 2.21. The molecule has 84 valence electrons. The molecule has 5 heteroatoms. The Morgan fingerprint density at radius 2 is 2.06 bits per heavy atom. The number of hydrogen-bond acceptors (Lipinski definition) is 4. The van der Waals surface area contributed by atoms with Gasteiger partial charge >= 0.3 is 0 Å². The lowest BCUT2D eigenvalue weighted by Crippen LogP contribution is -2.09. The number of aliphatic hydroxyl groups is 1. The average molecular weight is 218 g/mol. The molecule has 0 radical (unpaired) electrons. The standard InChI is InChI=1S/C11H14N4O/c1-3-15-10(4-8(2)14-15)11(16)9-5-12-7-13-6-9/h4-7,11,16H,3H2,1-2H3. The molecule has 2 rings (SSSR count). The van der Waals surface area contributed by atoms with Crippen molar-refractivity contribution >= 4 is 0 Å². The molecule has 2 aromatic rings. The van der Waals surface area contributed by atoms with Gasteiger partial charge in [-0.05, 0) is 19.9 Å². The molecule has 0 aromatic carbocycles. The first-order valence-electron chi connectivity index (χ1n) is 5.19. The Morgan fingerprint density at radius 3 is 2.69 bits per heavy atom. The molecule has 0 saturated heterocycles. The van der Waals surface area contributed by atoms with Crippen molar-refractivity contribution in [2.24, 2.45) is 0 Å². The molecule has 5 nitrogen and oxygen atoms in total. The van der Waals surface area contributed by atoms with Crippen molar-refractivity contribution in [3.8, 4) is 0 Å². The van der Waals surface area contributed by atoms with E-state index >= 15 is 0 Å². The first kappa shape index (κ1) is 10.8. The second kappa shape index (κ2) is 4.40. The minimum atomic E-state index is -0.720. The molecule has 0 fully saturated rings. The van der Waals surface area contributed by atoms with E-state index in [4.69, 9.17) is 0 Å². The minimum Gasteiger partial charge on any atom is -0.382 e. The van der Waals surface area contributed by atoms with Crippen molar-refractivity contribution in [3.05, 3.63) is 41.7 Å². The highest BCUT2D eigenvalue weighted by atomic mass is 16.3. The third kappa shape index (κ3) is 1.94. The van der Waals surface area contributed by atoms with Crippen LogP contribution in [0, 0.1) is 6.92 Å². The van der Waals surface area contributed by atoms with Crippen LogP contribution < -0.4 is 0 Å². The number of aliphatic hydroxyl groups excluding tert-OH is 1. The van der Waals surface area contributed by atoms with E-state index in [1.165, 1.54) is 6.33 Å². The van der Waals surface area contributed by atoms with E-state index in [9.17, 15) is 5.11 Å². The van der Waals surface area contributed by atoms with Gasteiger partial charge in [0.05, 0.1) is 11.4 Å². The van der Waals surface area contributed by atoms with E-state index in [0.717, 1.165) is 17.9 Å². The first-order chi connectivity index (χ1) is 7.72. The van der Waals surface area contributed by atoms with Crippen molar-refractivity contribution in [2.45, 2.75) is 26.5 Å². The molecule has 0 saturated carbocycles. The van der Waals surface area contributed by atoms with Gasteiger partial charge in [-0.2, -0.15) is 5.10 Å². The fourth-order valence-corrected chi connectivity index (χ4v) is 1.66. The van der Waals surface area contributed by atoms with E-state index in [2.05, 4.69) is 15.1 Å². The van der Waals surface area contributed by atoms with Gasteiger partial charge in [-0.3, -0.25) is 4.68 Å². The summed E-state index contributed by atoms with van der Waals surface area (Å²) < 4.78 is 1.78. The Bertz CT molecular complexity index is 466. The molecule has 0 amide bonds. The lowest BCUT2D eigenvalue weighted by Gasteiger charge is -2.11. The van der Waals surface area contributed by atoms with Crippen LogP contribution in [0.4, 0.5) is 0 Å². The normalized spacial score (nSPS) is 12.7. The van der Waals surface area contributed by atoms with Crippen molar-refractivity contribution in [3.63, 3.8) is 0 Å². The lowest BCUT2D eigenvalue weighted by molar-refractivity contribution is 0.207. The zero-order valence-corrected chi connectivity index (χ0v) is 9.33. The fourth-order valence-electron chi connectivity index (χ4n) is 1.66. The van der Waals surface area contributed by atoms with Crippen LogP contribution in [0.25, 0.3) is 0 Å². The molecular weight excluding hydrogens is 204 g/mol. The van der Waals surface area contributed by atoms with Crippen LogP contribution in [0.15, 0.2) is 24.8 Å². The maximum atomic E-state index is 10.2. The number of hydrogen-bond donors (Lipinski definition) is 1. The summed E-state index contributed by atoms with van der Waals surface area (Å²) in [6.45, 7) is 4.63. The second-order valence-electron chi connectivity index (χ2n) is 3.60. The minimum absolute atomic E-state index is 0.678. The van der Waals surface area contributed by atoms with Crippen LogP contribution in [-0.2, 0) is 6.54 Å². The third-order valence-corrected chi connectivity index (χ3v) is 2.41. The SMILES string of the molecule is CCn1nc(C)cc1C(O)c1cncnc1. The monoisotopic (exact) mass is 218 g/mol. The van der Waals surface area contributed by atoms with Crippen LogP contribution in [0.5, 0.6) is 0 Å². The van der Waals surface area contributed by atoms with Gasteiger partial charge in [-0.25, -0.2) is 9.97 Å². The molecule has 2 heterocycles. The molecule has 0 aliphatic rings. The Hall–Kier alpha value is -1.75. The first-order valence-corrected chi connectivity index (χ1v) is 5.19. The number of nitrogens with zero attached hydrogens (tertiary/aromatic N) is 4. The topological polar surface area (TPSA) is 63.8 Å². The summed E-state index contributed by atoms with van der Waals surface area (Å²) in [6.07, 6.45) is 3.95. The Labute approximate surface area is 93.8 Å². The highest BCUT2D eigenvalue weighted by Gasteiger charge is 2.16. The Kier molecular flexibility index (Phi) is 2.96. The van der Waals surface area contributed by atoms with Gasteiger partial charge in [0, 0.05) is 24.5 Å². The molecule has 1 N–H and O–H groups in total. The molecule has 1 atom stereocenters. The third-order valence-electron chi connectivity index (χ3n) is 2.41. The van der Waals surface area contributed by atoms with Gasteiger partial charge in [-0.1, -0.05) is 0 Å². The van der Waals surface area contributed by atoms with Gasteiger partial charge in [-0.15, -0.1) is 0 Å². The van der Waals surface area contributed by atoms with Crippen LogP contribution >= 0.6 is 0 Å². The van der Waals surface area contributed by atoms with Crippen LogP contribution in [0.2, 0.25) is 0 Å². The second-order valence-corrected chi connectivity index (χ2v) is 3.60. The highest BCUT2D eigenvalue weighted by molar-refractivity contribution is 5.22. The van der Waals surface area contributed by atoms with E-state index in [0.29, 0.717) is 5.56 Å². The quantitative estimate of drug-likeness (QED) is 0.837. The largest absolute Gasteiger partial charge is 0.382 e. The van der Waals surface area contributed by atoms with Crippen LogP contribution in [-0.4, -0.2) is 24.9 Å². The van der Waals surface area contributed by atoms with Gasteiger partial charge in [0.1, 0.15) is 12.4 Å². The predicted octanol–water partition coefficient (Wildman–Crippen LogP) is 1.08. The van der Waals surface area contributed by atoms with E-state index in [1.54, 1.807) is 17.1 Å². The summed E-state index contributed by atoms with van der Waals surface area (Å²) in [6, 6.07) is 1.88. The molecule has 0 bridgehead atoms.